The van der Waals surface area contributed by atoms with Gasteiger partial charge in [-0.2, -0.15) is 0 Å². The lowest BCUT2D eigenvalue weighted by molar-refractivity contribution is 0.0518. The average molecular weight is 440 g/mol. The van der Waals surface area contributed by atoms with Gasteiger partial charge in [0.15, 0.2) is 0 Å². The number of methoxy groups -OCH3 is 1. The minimum absolute atomic E-state index is 0.422. The number of amides is 1. The molecule has 0 saturated carbocycles. The second-order valence-corrected chi connectivity index (χ2v) is 8.77. The van der Waals surface area contributed by atoms with Crippen LogP contribution in [0.25, 0.3) is 10.9 Å². The highest BCUT2D eigenvalue weighted by Gasteiger charge is 2.23. The summed E-state index contributed by atoms with van der Waals surface area (Å²) in [4.78, 5) is 16.3. The Morgan fingerprint density at radius 1 is 1.16 bits per heavy atom. The van der Waals surface area contributed by atoms with E-state index >= 15 is 0 Å². The Bertz CT molecular complexity index is 1060. The highest BCUT2D eigenvalue weighted by Crippen LogP contribution is 2.20. The Balaban J connectivity index is 1.75. The second kappa shape index (κ2) is 9.83. The Hall–Kier alpha value is -3.06. The number of hydrogen-bond donors (Lipinski definition) is 3. The third kappa shape index (κ3) is 6.46. The van der Waals surface area contributed by atoms with Gasteiger partial charge in [-0.25, -0.2) is 4.79 Å². The van der Waals surface area contributed by atoms with Crippen LogP contribution in [0.4, 0.5) is 4.79 Å². The fourth-order valence-electron chi connectivity index (χ4n) is 3.27. The summed E-state index contributed by atoms with van der Waals surface area (Å²) in [6.45, 7) is 6.03. The monoisotopic (exact) mass is 439 g/mol. The summed E-state index contributed by atoms with van der Waals surface area (Å²) >= 11 is 5.67. The van der Waals surface area contributed by atoms with Crippen LogP contribution >= 0.6 is 12.2 Å². The molecule has 0 aliphatic rings. The molecule has 0 aliphatic heterocycles. The topological polar surface area (TPSA) is 75.4 Å². The van der Waals surface area contributed by atoms with Crippen LogP contribution in [0.5, 0.6) is 5.75 Å². The minimum atomic E-state index is -0.592. The zero-order chi connectivity index (χ0) is 22.4. The molecule has 1 heterocycles. The number of ether oxygens (including phenoxy) is 2. The largest absolute Gasteiger partial charge is 0.497 e. The lowest BCUT2D eigenvalue weighted by Crippen LogP contribution is -2.48. The van der Waals surface area contributed by atoms with Crippen molar-refractivity contribution in [1.29, 1.82) is 0 Å². The van der Waals surface area contributed by atoms with Crippen LogP contribution in [0.1, 0.15) is 31.9 Å². The van der Waals surface area contributed by atoms with Gasteiger partial charge in [0.05, 0.1) is 18.1 Å². The molecule has 3 rings (SSSR count). The summed E-state index contributed by atoms with van der Waals surface area (Å²) in [5.41, 5.74) is 2.56. The number of carbonyl (C=O) groups is 1. The van der Waals surface area contributed by atoms with Crippen LogP contribution in [-0.2, 0) is 17.7 Å². The first-order valence-electron chi connectivity index (χ1n) is 10.2. The van der Waals surface area contributed by atoms with Crippen molar-refractivity contribution in [3.63, 3.8) is 0 Å². The molecule has 1 amide bonds. The Morgan fingerprint density at radius 3 is 2.68 bits per heavy atom. The third-order valence-electron chi connectivity index (χ3n) is 4.71. The van der Waals surface area contributed by atoms with E-state index in [-0.39, 0.29) is 0 Å². The number of nitrogens with one attached hydrogen (secondary N) is 3. The van der Waals surface area contributed by atoms with Gasteiger partial charge < -0.3 is 25.1 Å². The van der Waals surface area contributed by atoms with E-state index in [1.54, 1.807) is 7.11 Å². The molecule has 2 aromatic carbocycles. The molecule has 0 aliphatic carbocycles. The molecule has 7 heteroatoms. The fourth-order valence-corrected chi connectivity index (χ4v) is 3.49. The summed E-state index contributed by atoms with van der Waals surface area (Å²) in [5.74, 6) is 0.785. The highest BCUT2D eigenvalue weighted by molar-refractivity contribution is 7.80. The van der Waals surface area contributed by atoms with Crippen LogP contribution in [-0.4, -0.2) is 34.8 Å². The molecule has 0 saturated heterocycles. The summed E-state index contributed by atoms with van der Waals surface area (Å²) in [6, 6.07) is 15.4. The molecule has 0 radical (unpaired) electrons. The number of fused-ring (bicyclic) bond motifs is 1. The number of aromatic amines is 1. The maximum Gasteiger partial charge on any atom is 0.408 e. The van der Waals surface area contributed by atoms with Crippen molar-refractivity contribution in [2.45, 2.75) is 45.4 Å². The lowest BCUT2D eigenvalue weighted by Gasteiger charge is -2.24. The maximum absolute atomic E-state index is 12.5. The van der Waals surface area contributed by atoms with E-state index in [9.17, 15) is 4.79 Å². The minimum Gasteiger partial charge on any atom is -0.497 e. The van der Waals surface area contributed by atoms with Crippen molar-refractivity contribution in [2.75, 3.05) is 7.11 Å². The Morgan fingerprint density at radius 2 is 1.94 bits per heavy atom. The van der Waals surface area contributed by atoms with Crippen LogP contribution in [0.15, 0.2) is 54.7 Å². The summed E-state index contributed by atoms with van der Waals surface area (Å²) in [5, 5.41) is 7.31. The third-order valence-corrected chi connectivity index (χ3v) is 5.14. The quantitative estimate of drug-likeness (QED) is 0.464. The van der Waals surface area contributed by atoms with Gasteiger partial charge in [0.25, 0.3) is 0 Å². The van der Waals surface area contributed by atoms with E-state index in [4.69, 9.17) is 21.7 Å². The number of rotatable bonds is 7. The molecular weight excluding hydrogens is 410 g/mol. The van der Waals surface area contributed by atoms with Crippen LogP contribution in [0.2, 0.25) is 0 Å². The van der Waals surface area contributed by atoms with Crippen LogP contribution < -0.4 is 15.4 Å². The summed E-state index contributed by atoms with van der Waals surface area (Å²) in [7, 11) is 1.64. The Labute approximate surface area is 188 Å². The molecule has 0 fully saturated rings. The Kier molecular flexibility index (Phi) is 7.17. The molecule has 0 spiro atoms. The molecule has 31 heavy (non-hydrogen) atoms. The van der Waals surface area contributed by atoms with Gasteiger partial charge in [0.2, 0.25) is 0 Å². The normalized spacial score (nSPS) is 12.3. The van der Waals surface area contributed by atoms with E-state index in [1.807, 2.05) is 69.4 Å². The number of aromatic nitrogens is 1. The van der Waals surface area contributed by atoms with Gasteiger partial charge >= 0.3 is 6.09 Å². The number of alkyl carbamates (subject to hydrolysis) is 1. The van der Waals surface area contributed by atoms with Crippen molar-refractivity contribution in [3.8, 4) is 5.75 Å². The fraction of sp³-hybridized carbons (Fsp3) is 0.333. The number of carbonyl (C=O) groups excluding carboxylic acids is 1. The zero-order valence-corrected chi connectivity index (χ0v) is 19.1. The summed E-state index contributed by atoms with van der Waals surface area (Å²) < 4.78 is 10.7. The van der Waals surface area contributed by atoms with Gasteiger partial charge in [0.1, 0.15) is 11.4 Å². The van der Waals surface area contributed by atoms with Gasteiger partial charge in [-0.05, 0) is 50.1 Å². The van der Waals surface area contributed by atoms with E-state index in [0.717, 1.165) is 27.8 Å². The van der Waals surface area contributed by atoms with Gasteiger partial charge in [-0.3, -0.25) is 0 Å². The van der Waals surface area contributed by atoms with Crippen molar-refractivity contribution in [2.24, 2.45) is 0 Å². The smallest absolute Gasteiger partial charge is 0.408 e. The van der Waals surface area contributed by atoms with Crippen LogP contribution in [0, 0.1) is 0 Å². The molecule has 1 aromatic heterocycles. The molecule has 6 nitrogen and oxygen atoms in total. The summed E-state index contributed by atoms with van der Waals surface area (Å²) in [6.07, 6.45) is 2.00. The number of para-hydroxylation sites is 1. The van der Waals surface area contributed by atoms with Crippen molar-refractivity contribution < 1.29 is 14.3 Å². The number of thiocarbonyl (C=S) groups is 1. The highest BCUT2D eigenvalue weighted by atomic mass is 32.1. The molecule has 0 unspecified atom stereocenters. The van der Waals surface area contributed by atoms with Gasteiger partial charge in [-0.15, -0.1) is 0 Å². The van der Waals surface area contributed by atoms with E-state index in [0.29, 0.717) is 18.0 Å². The average Bonchev–Trinajstić information content (AvgIpc) is 3.13. The number of hydrogen-bond acceptors (Lipinski definition) is 4. The predicted molar refractivity (Wildman–Crippen MR) is 128 cm³/mol. The SMILES string of the molecule is COc1cccc(CNC(=S)[C@@H](Cc2c[nH]c3ccccc23)NC(=O)OC(C)(C)C)c1. The standard InChI is InChI=1S/C24H29N3O3S/c1-24(2,3)30-23(28)27-21(13-17-15-25-20-11-6-5-10-19(17)20)22(31)26-14-16-8-7-9-18(12-16)29-4/h5-12,15,21,25H,13-14H2,1-4H3,(H,26,31)(H,27,28)/t21-/m1/s1. The second-order valence-electron chi connectivity index (χ2n) is 8.33. The van der Waals surface area contributed by atoms with E-state index < -0.39 is 17.7 Å². The van der Waals surface area contributed by atoms with Gasteiger partial charge in [0, 0.05) is 30.1 Å². The zero-order valence-electron chi connectivity index (χ0n) is 18.3. The molecule has 164 valence electrons. The first-order valence-corrected chi connectivity index (χ1v) is 10.6. The number of benzene rings is 2. The lowest BCUT2D eigenvalue weighted by atomic mass is 10.0. The van der Waals surface area contributed by atoms with Crippen molar-refractivity contribution in [3.05, 3.63) is 65.9 Å². The maximum atomic E-state index is 12.5. The predicted octanol–water partition coefficient (Wildman–Crippen LogP) is 4.73. The van der Waals surface area contributed by atoms with Gasteiger partial charge in [-0.1, -0.05) is 42.5 Å². The molecule has 3 N–H and O–H groups in total. The van der Waals surface area contributed by atoms with Crippen molar-refractivity contribution >= 4 is 34.2 Å². The molecular formula is C24H29N3O3S. The molecule has 3 aromatic rings. The molecule has 0 bridgehead atoms. The first-order chi connectivity index (χ1) is 14.7. The van der Waals surface area contributed by atoms with E-state index in [1.165, 1.54) is 0 Å². The van der Waals surface area contributed by atoms with Crippen molar-refractivity contribution in [1.82, 2.24) is 15.6 Å². The van der Waals surface area contributed by atoms with E-state index in [2.05, 4.69) is 21.7 Å². The molecule has 1 atom stereocenters. The van der Waals surface area contributed by atoms with Crippen LogP contribution in [0.3, 0.4) is 0 Å². The first kappa shape index (κ1) is 22.6. The number of H-pyrrole nitrogens is 1.